The number of hydrogen-bond donors (Lipinski definition) is 2. The zero-order valence-corrected chi connectivity index (χ0v) is 17.1. The van der Waals surface area contributed by atoms with Crippen LogP contribution in [0.4, 0.5) is 0 Å². The summed E-state index contributed by atoms with van der Waals surface area (Å²) in [4.78, 5) is 38.3. The first-order valence-corrected chi connectivity index (χ1v) is 9.91. The summed E-state index contributed by atoms with van der Waals surface area (Å²) >= 11 is 5.35. The molecule has 1 aliphatic rings. The zero-order valence-electron chi connectivity index (χ0n) is 16.3. The van der Waals surface area contributed by atoms with Gasteiger partial charge in [0.05, 0.1) is 19.4 Å². The second kappa shape index (κ2) is 10.8. The van der Waals surface area contributed by atoms with Crippen LogP contribution in [0.15, 0.2) is 24.3 Å². The Labute approximate surface area is 170 Å². The van der Waals surface area contributed by atoms with E-state index in [4.69, 9.17) is 17.0 Å². The van der Waals surface area contributed by atoms with Gasteiger partial charge in [-0.05, 0) is 36.7 Å². The smallest absolute Gasteiger partial charge is 0.308 e. The molecule has 0 aromatic heterocycles. The molecular weight excluding hydrogens is 378 g/mol. The van der Waals surface area contributed by atoms with Gasteiger partial charge in [0, 0.05) is 13.1 Å². The third kappa shape index (κ3) is 6.30. The molecule has 1 fully saturated rings. The van der Waals surface area contributed by atoms with E-state index in [9.17, 15) is 14.4 Å². The quantitative estimate of drug-likeness (QED) is 0.406. The number of thiocarbonyl (C=S) groups is 1. The maximum absolute atomic E-state index is 12.4. The number of esters is 1. The lowest BCUT2D eigenvalue weighted by Gasteiger charge is -2.36. The second-order valence-electron chi connectivity index (χ2n) is 6.73. The maximum Gasteiger partial charge on any atom is 0.308 e. The molecule has 1 aromatic carbocycles. The van der Waals surface area contributed by atoms with Crippen LogP contribution in [0, 0.1) is 6.92 Å². The predicted octanol–water partition coefficient (Wildman–Crippen LogP) is 1.47. The Morgan fingerprint density at radius 2 is 2.11 bits per heavy atom. The second-order valence-corrected chi connectivity index (χ2v) is 7.12. The Balaban J connectivity index is 1.96. The predicted molar refractivity (Wildman–Crippen MR) is 110 cm³/mol. The normalized spacial score (nSPS) is 16.3. The average molecular weight is 406 g/mol. The molecule has 0 bridgehead atoms. The minimum absolute atomic E-state index is 0.108. The van der Waals surface area contributed by atoms with Crippen LogP contribution in [0.3, 0.4) is 0 Å². The van der Waals surface area contributed by atoms with E-state index >= 15 is 0 Å². The van der Waals surface area contributed by atoms with E-state index in [0.29, 0.717) is 19.7 Å². The van der Waals surface area contributed by atoms with Crippen molar-refractivity contribution in [1.29, 1.82) is 0 Å². The summed E-state index contributed by atoms with van der Waals surface area (Å²) in [5.41, 5.74) is 1.93. The van der Waals surface area contributed by atoms with Gasteiger partial charge in [-0.25, -0.2) is 0 Å². The summed E-state index contributed by atoms with van der Waals surface area (Å²) in [6, 6.07) is 6.84. The largest absolute Gasteiger partial charge is 0.466 e. The Hall–Kier alpha value is -2.48. The van der Waals surface area contributed by atoms with Crippen LogP contribution >= 0.6 is 12.2 Å². The highest BCUT2D eigenvalue weighted by Crippen LogP contribution is 2.12. The molecule has 0 aliphatic carbocycles. The topological polar surface area (TPSA) is 87.7 Å². The van der Waals surface area contributed by atoms with Gasteiger partial charge in [0.1, 0.15) is 6.04 Å². The molecule has 28 heavy (non-hydrogen) atoms. The Morgan fingerprint density at radius 3 is 2.82 bits per heavy atom. The van der Waals surface area contributed by atoms with E-state index in [2.05, 4.69) is 10.6 Å². The Kier molecular flexibility index (Phi) is 8.38. The molecule has 1 unspecified atom stereocenters. The molecule has 2 amide bonds. The van der Waals surface area contributed by atoms with Crippen molar-refractivity contribution in [2.75, 3.05) is 19.7 Å². The number of hydrogen-bond acceptors (Lipinski definition) is 5. The first-order valence-electron chi connectivity index (χ1n) is 9.50. The van der Waals surface area contributed by atoms with E-state index in [-0.39, 0.29) is 29.8 Å². The monoisotopic (exact) mass is 405 g/mol. The molecule has 2 rings (SSSR count). The van der Waals surface area contributed by atoms with Gasteiger partial charge in [0.15, 0.2) is 5.11 Å². The third-order valence-electron chi connectivity index (χ3n) is 4.57. The van der Waals surface area contributed by atoms with Crippen LogP contribution in [0.1, 0.15) is 37.3 Å². The van der Waals surface area contributed by atoms with Crippen molar-refractivity contribution in [3.8, 4) is 0 Å². The van der Waals surface area contributed by atoms with E-state index < -0.39 is 12.0 Å². The van der Waals surface area contributed by atoms with Crippen molar-refractivity contribution in [3.05, 3.63) is 35.4 Å². The number of nitrogens with one attached hydrogen (secondary N) is 2. The van der Waals surface area contributed by atoms with E-state index in [1.54, 1.807) is 4.90 Å². The van der Waals surface area contributed by atoms with Gasteiger partial charge in [-0.1, -0.05) is 37.6 Å². The minimum Gasteiger partial charge on any atom is -0.466 e. The highest BCUT2D eigenvalue weighted by molar-refractivity contribution is 7.80. The lowest BCUT2D eigenvalue weighted by molar-refractivity contribution is -0.147. The molecular formula is C20H27N3O4S. The summed E-state index contributed by atoms with van der Waals surface area (Å²) in [6.45, 7) is 5.09. The van der Waals surface area contributed by atoms with E-state index in [1.807, 2.05) is 38.1 Å². The summed E-state index contributed by atoms with van der Waals surface area (Å²) in [6.07, 6.45) is 1.78. The number of ether oxygens (including phenoxy) is 1. The van der Waals surface area contributed by atoms with E-state index in [1.165, 1.54) is 0 Å². The van der Waals surface area contributed by atoms with Crippen molar-refractivity contribution >= 4 is 35.1 Å². The fraction of sp³-hybridized carbons (Fsp3) is 0.500. The van der Waals surface area contributed by atoms with Gasteiger partial charge >= 0.3 is 5.97 Å². The van der Waals surface area contributed by atoms with Crippen molar-refractivity contribution < 1.29 is 19.1 Å². The fourth-order valence-electron chi connectivity index (χ4n) is 2.92. The van der Waals surface area contributed by atoms with Crippen LogP contribution in [0.25, 0.3) is 0 Å². The first-order chi connectivity index (χ1) is 13.4. The number of unbranched alkanes of at least 4 members (excludes halogenated alkanes) is 1. The first kappa shape index (κ1) is 21.8. The molecule has 0 saturated carbocycles. The SMILES string of the molecule is CCCCOC(=O)CC1C(=O)NCCN1C(=S)NC(=O)Cc1ccccc1C. The van der Waals surface area contributed by atoms with Gasteiger partial charge in [0.2, 0.25) is 11.8 Å². The highest BCUT2D eigenvalue weighted by atomic mass is 32.1. The lowest BCUT2D eigenvalue weighted by Crippen LogP contribution is -2.60. The number of carbonyl (C=O) groups excluding carboxylic acids is 3. The zero-order chi connectivity index (χ0) is 20.5. The fourth-order valence-corrected chi connectivity index (χ4v) is 3.26. The average Bonchev–Trinajstić information content (AvgIpc) is 2.65. The number of rotatable bonds is 7. The molecule has 2 N–H and O–H groups in total. The van der Waals surface area contributed by atoms with Crippen molar-refractivity contribution in [3.63, 3.8) is 0 Å². The van der Waals surface area contributed by atoms with Gasteiger partial charge in [0.25, 0.3) is 0 Å². The van der Waals surface area contributed by atoms with Crippen LogP contribution in [-0.4, -0.2) is 53.5 Å². The standard InChI is InChI=1S/C20H27N3O4S/c1-3-4-11-27-18(25)13-16-19(26)21-9-10-23(16)20(28)22-17(24)12-15-8-6-5-7-14(15)2/h5-8,16H,3-4,9-13H2,1-2H3,(H,21,26)(H,22,24,28). The lowest BCUT2D eigenvalue weighted by atomic mass is 10.1. The molecule has 1 aliphatic heterocycles. The molecule has 1 atom stereocenters. The number of carbonyl (C=O) groups is 3. The molecule has 8 heteroatoms. The number of piperazine rings is 1. The molecule has 0 radical (unpaired) electrons. The Morgan fingerprint density at radius 1 is 1.36 bits per heavy atom. The van der Waals surface area contributed by atoms with Gasteiger partial charge in [-0.3, -0.25) is 14.4 Å². The number of nitrogens with zero attached hydrogens (tertiary/aromatic N) is 1. The highest BCUT2D eigenvalue weighted by Gasteiger charge is 2.34. The minimum atomic E-state index is -0.783. The summed E-state index contributed by atoms with van der Waals surface area (Å²) in [7, 11) is 0. The van der Waals surface area contributed by atoms with Crippen molar-refractivity contribution in [1.82, 2.24) is 15.5 Å². The number of aryl methyl sites for hydroxylation is 1. The summed E-state index contributed by atoms with van der Waals surface area (Å²) in [5.74, 6) is -1.00. The van der Waals surface area contributed by atoms with Crippen LogP contribution in [0.5, 0.6) is 0 Å². The molecule has 1 aromatic rings. The summed E-state index contributed by atoms with van der Waals surface area (Å²) < 4.78 is 5.16. The van der Waals surface area contributed by atoms with Crippen LogP contribution in [0.2, 0.25) is 0 Å². The maximum atomic E-state index is 12.4. The molecule has 0 spiro atoms. The van der Waals surface area contributed by atoms with Gasteiger partial charge < -0.3 is 20.3 Å². The molecule has 152 valence electrons. The van der Waals surface area contributed by atoms with E-state index in [0.717, 1.165) is 24.0 Å². The Bertz CT molecular complexity index is 738. The number of benzene rings is 1. The molecule has 7 nitrogen and oxygen atoms in total. The van der Waals surface area contributed by atoms with Crippen molar-refractivity contribution in [2.45, 2.75) is 45.6 Å². The van der Waals surface area contributed by atoms with Crippen LogP contribution < -0.4 is 10.6 Å². The number of amides is 2. The molecule has 1 heterocycles. The molecule has 1 saturated heterocycles. The van der Waals surface area contributed by atoms with Crippen LogP contribution in [-0.2, 0) is 25.5 Å². The van der Waals surface area contributed by atoms with Crippen molar-refractivity contribution in [2.24, 2.45) is 0 Å². The van der Waals surface area contributed by atoms with Gasteiger partial charge in [-0.2, -0.15) is 0 Å². The summed E-state index contributed by atoms with van der Waals surface area (Å²) in [5, 5.41) is 5.57. The van der Waals surface area contributed by atoms with Gasteiger partial charge in [-0.15, -0.1) is 0 Å². The third-order valence-corrected chi connectivity index (χ3v) is 4.91.